The normalized spacial score (nSPS) is 12.6. The van der Waals surface area contributed by atoms with Crippen LogP contribution in [0, 0.1) is 6.92 Å². The molecule has 1 aromatic carbocycles. The molecule has 1 aromatic heterocycles. The SMILES string of the molecule is Cc1ccccc1CCNC(C)c1nccn1C. The fourth-order valence-corrected chi connectivity index (χ4v) is 2.20. The van der Waals surface area contributed by atoms with Crippen molar-refractivity contribution in [3.05, 3.63) is 53.6 Å². The van der Waals surface area contributed by atoms with Crippen LogP contribution in [0.5, 0.6) is 0 Å². The summed E-state index contributed by atoms with van der Waals surface area (Å²) in [7, 11) is 2.03. The molecule has 0 bridgehead atoms. The van der Waals surface area contributed by atoms with E-state index in [1.165, 1.54) is 11.1 Å². The van der Waals surface area contributed by atoms with Crippen LogP contribution in [-0.2, 0) is 13.5 Å². The van der Waals surface area contributed by atoms with Crippen molar-refractivity contribution in [1.29, 1.82) is 0 Å². The third-order valence-corrected chi connectivity index (χ3v) is 3.35. The summed E-state index contributed by atoms with van der Waals surface area (Å²) in [5, 5.41) is 3.52. The van der Waals surface area contributed by atoms with Crippen LogP contribution < -0.4 is 5.32 Å². The molecule has 18 heavy (non-hydrogen) atoms. The molecule has 2 aromatic rings. The zero-order valence-corrected chi connectivity index (χ0v) is 11.4. The Balaban J connectivity index is 1.86. The van der Waals surface area contributed by atoms with Gasteiger partial charge in [-0.1, -0.05) is 24.3 Å². The van der Waals surface area contributed by atoms with Crippen molar-refractivity contribution < 1.29 is 0 Å². The second kappa shape index (κ2) is 5.83. The number of hydrogen-bond acceptors (Lipinski definition) is 2. The molecule has 1 unspecified atom stereocenters. The molecule has 0 saturated carbocycles. The van der Waals surface area contributed by atoms with Crippen LogP contribution in [0.25, 0.3) is 0 Å². The van der Waals surface area contributed by atoms with E-state index >= 15 is 0 Å². The fourth-order valence-electron chi connectivity index (χ4n) is 2.20. The molecule has 0 fully saturated rings. The van der Waals surface area contributed by atoms with Gasteiger partial charge in [0, 0.05) is 19.4 Å². The first-order valence-corrected chi connectivity index (χ1v) is 6.43. The third-order valence-electron chi connectivity index (χ3n) is 3.35. The third kappa shape index (κ3) is 2.99. The number of nitrogens with one attached hydrogen (secondary N) is 1. The number of benzene rings is 1. The summed E-state index contributed by atoms with van der Waals surface area (Å²) in [6.45, 7) is 5.29. The van der Waals surface area contributed by atoms with Gasteiger partial charge in [0.2, 0.25) is 0 Å². The molecular weight excluding hydrogens is 222 g/mol. The average Bonchev–Trinajstić information content (AvgIpc) is 2.78. The molecule has 1 atom stereocenters. The van der Waals surface area contributed by atoms with Gasteiger partial charge in [0.25, 0.3) is 0 Å². The van der Waals surface area contributed by atoms with Crippen LogP contribution in [0.3, 0.4) is 0 Å². The molecule has 0 radical (unpaired) electrons. The number of imidazole rings is 1. The van der Waals surface area contributed by atoms with Crippen molar-refractivity contribution in [3.8, 4) is 0 Å². The van der Waals surface area contributed by atoms with Gasteiger partial charge in [-0.25, -0.2) is 4.98 Å². The topological polar surface area (TPSA) is 29.9 Å². The molecule has 3 nitrogen and oxygen atoms in total. The zero-order chi connectivity index (χ0) is 13.0. The maximum Gasteiger partial charge on any atom is 0.125 e. The number of aryl methyl sites for hydroxylation is 2. The first-order valence-electron chi connectivity index (χ1n) is 6.43. The highest BCUT2D eigenvalue weighted by Gasteiger charge is 2.08. The monoisotopic (exact) mass is 243 g/mol. The van der Waals surface area contributed by atoms with E-state index in [9.17, 15) is 0 Å². The molecule has 96 valence electrons. The van der Waals surface area contributed by atoms with Gasteiger partial charge in [0.05, 0.1) is 6.04 Å². The van der Waals surface area contributed by atoms with E-state index in [1.54, 1.807) is 0 Å². The van der Waals surface area contributed by atoms with Crippen molar-refractivity contribution in [1.82, 2.24) is 14.9 Å². The lowest BCUT2D eigenvalue weighted by Gasteiger charge is -2.14. The van der Waals surface area contributed by atoms with Crippen molar-refractivity contribution in [2.45, 2.75) is 26.3 Å². The molecule has 0 aliphatic rings. The average molecular weight is 243 g/mol. The summed E-state index contributed by atoms with van der Waals surface area (Å²) in [5.74, 6) is 1.08. The van der Waals surface area contributed by atoms with Crippen LogP contribution in [0.15, 0.2) is 36.7 Å². The Morgan fingerprint density at radius 1 is 1.33 bits per heavy atom. The van der Waals surface area contributed by atoms with E-state index in [2.05, 4.69) is 53.0 Å². The first-order chi connectivity index (χ1) is 8.68. The lowest BCUT2D eigenvalue weighted by molar-refractivity contribution is 0.533. The molecule has 3 heteroatoms. The Kier molecular flexibility index (Phi) is 4.15. The van der Waals surface area contributed by atoms with E-state index in [0.717, 1.165) is 18.8 Å². The maximum atomic E-state index is 4.36. The lowest BCUT2D eigenvalue weighted by atomic mass is 10.1. The molecule has 0 aliphatic heterocycles. The van der Waals surface area contributed by atoms with E-state index in [-0.39, 0.29) is 6.04 Å². The second-order valence-electron chi connectivity index (χ2n) is 4.75. The highest BCUT2D eigenvalue weighted by molar-refractivity contribution is 5.25. The Morgan fingerprint density at radius 3 is 2.78 bits per heavy atom. The largest absolute Gasteiger partial charge is 0.337 e. The highest BCUT2D eigenvalue weighted by atomic mass is 15.1. The second-order valence-corrected chi connectivity index (χ2v) is 4.75. The van der Waals surface area contributed by atoms with Gasteiger partial charge in [-0.3, -0.25) is 0 Å². The summed E-state index contributed by atoms with van der Waals surface area (Å²) in [4.78, 5) is 4.36. The van der Waals surface area contributed by atoms with Crippen LogP contribution in [0.4, 0.5) is 0 Å². The van der Waals surface area contributed by atoms with Gasteiger partial charge >= 0.3 is 0 Å². The van der Waals surface area contributed by atoms with Crippen LogP contribution >= 0.6 is 0 Å². The summed E-state index contributed by atoms with van der Waals surface area (Å²) in [6.07, 6.45) is 4.88. The Bertz CT molecular complexity index is 502. The first kappa shape index (κ1) is 12.8. The summed E-state index contributed by atoms with van der Waals surface area (Å²) < 4.78 is 2.06. The van der Waals surface area contributed by atoms with E-state index in [4.69, 9.17) is 0 Å². The van der Waals surface area contributed by atoms with Gasteiger partial charge < -0.3 is 9.88 Å². The predicted molar refractivity (Wildman–Crippen MR) is 74.5 cm³/mol. The van der Waals surface area contributed by atoms with Gasteiger partial charge in [-0.05, 0) is 37.9 Å². The van der Waals surface area contributed by atoms with Crippen molar-refractivity contribution in [2.24, 2.45) is 7.05 Å². The summed E-state index contributed by atoms with van der Waals surface area (Å²) in [6, 6.07) is 8.83. The minimum absolute atomic E-state index is 0.286. The van der Waals surface area contributed by atoms with Crippen LogP contribution in [0.1, 0.15) is 29.9 Å². The van der Waals surface area contributed by atoms with E-state index in [1.807, 2.05) is 19.4 Å². The number of hydrogen-bond donors (Lipinski definition) is 1. The van der Waals surface area contributed by atoms with Gasteiger partial charge in [0.15, 0.2) is 0 Å². The molecule has 1 N–H and O–H groups in total. The Labute approximate surface area is 109 Å². The smallest absolute Gasteiger partial charge is 0.125 e. The molecule has 0 aliphatic carbocycles. The molecule has 1 heterocycles. The van der Waals surface area contributed by atoms with Crippen molar-refractivity contribution >= 4 is 0 Å². The van der Waals surface area contributed by atoms with Crippen LogP contribution in [-0.4, -0.2) is 16.1 Å². The lowest BCUT2D eigenvalue weighted by Crippen LogP contribution is -2.23. The Morgan fingerprint density at radius 2 is 2.11 bits per heavy atom. The van der Waals surface area contributed by atoms with E-state index < -0.39 is 0 Å². The van der Waals surface area contributed by atoms with Crippen LogP contribution in [0.2, 0.25) is 0 Å². The molecule has 0 amide bonds. The van der Waals surface area contributed by atoms with Gasteiger partial charge in [-0.15, -0.1) is 0 Å². The maximum absolute atomic E-state index is 4.36. The van der Waals surface area contributed by atoms with Gasteiger partial charge in [0.1, 0.15) is 5.82 Å². The molecular formula is C15H21N3. The molecule has 0 saturated heterocycles. The van der Waals surface area contributed by atoms with Gasteiger partial charge in [-0.2, -0.15) is 0 Å². The summed E-state index contributed by atoms with van der Waals surface area (Å²) in [5.41, 5.74) is 2.78. The molecule has 2 rings (SSSR count). The number of aromatic nitrogens is 2. The van der Waals surface area contributed by atoms with Crippen molar-refractivity contribution in [3.63, 3.8) is 0 Å². The van der Waals surface area contributed by atoms with Crippen molar-refractivity contribution in [2.75, 3.05) is 6.54 Å². The molecule has 0 spiro atoms. The van der Waals surface area contributed by atoms with E-state index in [0.29, 0.717) is 0 Å². The summed E-state index contributed by atoms with van der Waals surface area (Å²) >= 11 is 0. The standard InChI is InChI=1S/C15H21N3/c1-12-6-4-5-7-14(12)8-9-16-13(2)15-17-10-11-18(15)3/h4-7,10-11,13,16H,8-9H2,1-3H3. The number of nitrogens with zero attached hydrogens (tertiary/aromatic N) is 2. The predicted octanol–water partition coefficient (Wildman–Crippen LogP) is 2.62. The minimum Gasteiger partial charge on any atom is -0.337 e. The Hall–Kier alpha value is -1.61. The fraction of sp³-hybridized carbons (Fsp3) is 0.400. The minimum atomic E-state index is 0.286. The zero-order valence-electron chi connectivity index (χ0n) is 11.4. The number of rotatable bonds is 5. The quantitative estimate of drug-likeness (QED) is 0.875. The highest BCUT2D eigenvalue weighted by Crippen LogP contribution is 2.10.